The lowest BCUT2D eigenvalue weighted by atomic mass is 9.97. The lowest BCUT2D eigenvalue weighted by molar-refractivity contribution is -0.116. The van der Waals surface area contributed by atoms with Gasteiger partial charge in [-0.2, -0.15) is 5.10 Å². The van der Waals surface area contributed by atoms with Crippen LogP contribution in [0.15, 0.2) is 84.0 Å². The highest BCUT2D eigenvalue weighted by Crippen LogP contribution is 2.27. The molecule has 32 heavy (non-hydrogen) atoms. The van der Waals surface area contributed by atoms with Crippen molar-refractivity contribution in [3.8, 4) is 0 Å². The number of hydrogen-bond acceptors (Lipinski definition) is 3. The lowest BCUT2D eigenvalue weighted by Crippen LogP contribution is -2.18. The highest BCUT2D eigenvalue weighted by Gasteiger charge is 2.08. The predicted octanol–water partition coefficient (Wildman–Crippen LogP) is 5.89. The minimum absolute atomic E-state index is 0.0176. The smallest absolute Gasteiger partial charge is 0.271 e. The summed E-state index contributed by atoms with van der Waals surface area (Å²) in [6.07, 6.45) is 4.03. The van der Waals surface area contributed by atoms with Crippen molar-refractivity contribution in [2.45, 2.75) is 26.2 Å². The Labute approximate surface area is 187 Å². The van der Waals surface area contributed by atoms with Gasteiger partial charge in [0.2, 0.25) is 5.91 Å². The first-order valence-corrected chi connectivity index (χ1v) is 10.8. The molecule has 0 atom stereocenters. The fourth-order valence-electron chi connectivity index (χ4n) is 3.67. The van der Waals surface area contributed by atoms with E-state index < -0.39 is 0 Å². The van der Waals surface area contributed by atoms with Gasteiger partial charge < -0.3 is 5.32 Å². The SMILES string of the molecule is CCCCC(=O)Nc1ccc(C(=O)N/N=C/c2c3ccccc3cc3ccccc23)cc1. The molecule has 0 saturated heterocycles. The zero-order chi connectivity index (χ0) is 22.3. The quantitative estimate of drug-likeness (QED) is 0.221. The molecule has 0 unspecified atom stereocenters. The summed E-state index contributed by atoms with van der Waals surface area (Å²) in [5.41, 5.74) is 4.71. The van der Waals surface area contributed by atoms with Crippen LogP contribution < -0.4 is 10.7 Å². The summed E-state index contributed by atoms with van der Waals surface area (Å²) in [7, 11) is 0. The molecule has 2 N–H and O–H groups in total. The Morgan fingerprint density at radius 3 is 2.12 bits per heavy atom. The van der Waals surface area contributed by atoms with Crippen LogP contribution in [-0.4, -0.2) is 18.0 Å². The van der Waals surface area contributed by atoms with E-state index in [4.69, 9.17) is 0 Å². The van der Waals surface area contributed by atoms with Gasteiger partial charge in [-0.25, -0.2) is 5.43 Å². The molecule has 160 valence electrons. The second kappa shape index (κ2) is 9.88. The van der Waals surface area contributed by atoms with Gasteiger partial charge in [0.1, 0.15) is 0 Å². The Morgan fingerprint density at radius 1 is 0.875 bits per heavy atom. The molecule has 4 aromatic carbocycles. The number of amides is 2. The molecule has 0 spiro atoms. The number of nitrogens with zero attached hydrogens (tertiary/aromatic N) is 1. The summed E-state index contributed by atoms with van der Waals surface area (Å²) in [6, 6.07) is 25.2. The van der Waals surface area contributed by atoms with Crippen molar-refractivity contribution < 1.29 is 9.59 Å². The highest BCUT2D eigenvalue weighted by molar-refractivity contribution is 6.13. The van der Waals surface area contributed by atoms with Crippen LogP contribution in [0.1, 0.15) is 42.1 Å². The molecule has 4 aromatic rings. The largest absolute Gasteiger partial charge is 0.326 e. The lowest BCUT2D eigenvalue weighted by Gasteiger charge is -2.08. The van der Waals surface area contributed by atoms with Gasteiger partial charge in [0.25, 0.3) is 5.91 Å². The van der Waals surface area contributed by atoms with Gasteiger partial charge in [0.15, 0.2) is 0 Å². The minimum atomic E-state index is -0.311. The number of unbranched alkanes of at least 4 members (excludes halogenated alkanes) is 1. The number of benzene rings is 4. The third-order valence-electron chi connectivity index (χ3n) is 5.36. The minimum Gasteiger partial charge on any atom is -0.326 e. The van der Waals surface area contributed by atoms with Crippen LogP contribution in [-0.2, 0) is 4.79 Å². The molecule has 0 aliphatic carbocycles. The zero-order valence-electron chi connectivity index (χ0n) is 18.0. The zero-order valence-corrected chi connectivity index (χ0v) is 18.0. The number of fused-ring (bicyclic) bond motifs is 2. The average Bonchev–Trinajstić information content (AvgIpc) is 2.82. The second-order valence-corrected chi connectivity index (χ2v) is 7.66. The van der Waals surface area contributed by atoms with E-state index in [0.717, 1.165) is 39.9 Å². The Kier molecular flexibility index (Phi) is 6.56. The third-order valence-corrected chi connectivity index (χ3v) is 5.36. The van der Waals surface area contributed by atoms with Crippen LogP contribution in [0.2, 0.25) is 0 Å². The molecule has 5 heteroatoms. The van der Waals surface area contributed by atoms with Gasteiger partial charge in [0, 0.05) is 23.2 Å². The van der Waals surface area contributed by atoms with Gasteiger partial charge in [-0.1, -0.05) is 61.9 Å². The van der Waals surface area contributed by atoms with Crippen molar-refractivity contribution >= 4 is 45.3 Å². The van der Waals surface area contributed by atoms with E-state index in [2.05, 4.69) is 46.2 Å². The fraction of sp³-hybridized carbons (Fsp3) is 0.148. The van der Waals surface area contributed by atoms with Crippen LogP contribution >= 0.6 is 0 Å². The van der Waals surface area contributed by atoms with Gasteiger partial charge >= 0.3 is 0 Å². The normalized spacial score (nSPS) is 11.2. The van der Waals surface area contributed by atoms with Crippen molar-refractivity contribution in [2.24, 2.45) is 5.10 Å². The summed E-state index contributed by atoms with van der Waals surface area (Å²) < 4.78 is 0. The molecule has 4 rings (SSSR count). The molecular formula is C27H25N3O2. The Bertz CT molecular complexity index is 1240. The first kappa shape index (κ1) is 21.2. The number of carbonyl (C=O) groups is 2. The Balaban J connectivity index is 1.49. The van der Waals surface area contributed by atoms with Crippen molar-refractivity contribution in [3.05, 3.63) is 90.0 Å². The molecule has 5 nitrogen and oxygen atoms in total. The van der Waals surface area contributed by atoms with Gasteiger partial charge in [-0.15, -0.1) is 0 Å². The van der Waals surface area contributed by atoms with E-state index in [1.807, 2.05) is 31.2 Å². The molecule has 0 aliphatic rings. The Hall–Kier alpha value is -3.99. The topological polar surface area (TPSA) is 70.6 Å². The predicted molar refractivity (Wildman–Crippen MR) is 131 cm³/mol. The second-order valence-electron chi connectivity index (χ2n) is 7.66. The summed E-state index contributed by atoms with van der Waals surface area (Å²) in [6.45, 7) is 2.05. The first-order chi connectivity index (χ1) is 15.7. The molecule has 0 heterocycles. The monoisotopic (exact) mass is 423 g/mol. The first-order valence-electron chi connectivity index (χ1n) is 10.8. The molecule has 0 bridgehead atoms. The fourth-order valence-corrected chi connectivity index (χ4v) is 3.67. The van der Waals surface area contributed by atoms with E-state index in [9.17, 15) is 9.59 Å². The van der Waals surface area contributed by atoms with Crippen LogP contribution in [0.3, 0.4) is 0 Å². The van der Waals surface area contributed by atoms with E-state index >= 15 is 0 Å². The summed E-state index contributed by atoms with van der Waals surface area (Å²) in [4.78, 5) is 24.4. The molecule has 0 aliphatic heterocycles. The van der Waals surface area contributed by atoms with E-state index in [1.165, 1.54) is 0 Å². The van der Waals surface area contributed by atoms with Crippen LogP contribution in [0.4, 0.5) is 5.69 Å². The van der Waals surface area contributed by atoms with Crippen molar-refractivity contribution in [2.75, 3.05) is 5.32 Å². The summed E-state index contributed by atoms with van der Waals surface area (Å²) in [5, 5.41) is 11.5. The van der Waals surface area contributed by atoms with Crippen LogP contribution in [0.5, 0.6) is 0 Å². The van der Waals surface area contributed by atoms with E-state index in [1.54, 1.807) is 30.5 Å². The molecule has 2 amide bonds. The number of rotatable bonds is 7. The van der Waals surface area contributed by atoms with Crippen molar-refractivity contribution in [1.29, 1.82) is 0 Å². The third kappa shape index (κ3) is 4.83. The van der Waals surface area contributed by atoms with Crippen LogP contribution in [0.25, 0.3) is 21.5 Å². The van der Waals surface area contributed by atoms with E-state index in [0.29, 0.717) is 17.7 Å². The maximum atomic E-state index is 12.5. The average molecular weight is 424 g/mol. The van der Waals surface area contributed by atoms with Gasteiger partial charge in [0.05, 0.1) is 6.21 Å². The Morgan fingerprint density at radius 2 is 1.50 bits per heavy atom. The number of nitrogens with one attached hydrogen (secondary N) is 2. The highest BCUT2D eigenvalue weighted by atomic mass is 16.2. The molecule has 0 aromatic heterocycles. The van der Waals surface area contributed by atoms with Gasteiger partial charge in [-0.05, 0) is 58.3 Å². The number of carbonyl (C=O) groups excluding carboxylic acids is 2. The number of hydrazone groups is 1. The van der Waals surface area contributed by atoms with E-state index in [-0.39, 0.29) is 11.8 Å². The van der Waals surface area contributed by atoms with Crippen molar-refractivity contribution in [1.82, 2.24) is 5.43 Å². The standard InChI is InChI=1S/C27H25N3O2/c1-2-3-12-26(31)29-22-15-13-19(14-16-22)27(32)30-28-18-25-23-10-6-4-8-20(23)17-21-9-5-7-11-24(21)25/h4-11,13-18H,2-3,12H2,1H3,(H,29,31)(H,30,32)/b28-18+. The summed E-state index contributed by atoms with van der Waals surface area (Å²) >= 11 is 0. The molecule has 0 radical (unpaired) electrons. The molecule has 0 fully saturated rings. The molecule has 0 saturated carbocycles. The number of hydrogen-bond donors (Lipinski definition) is 2. The van der Waals surface area contributed by atoms with Crippen LogP contribution in [0, 0.1) is 0 Å². The maximum absolute atomic E-state index is 12.5. The maximum Gasteiger partial charge on any atom is 0.271 e. The summed E-state index contributed by atoms with van der Waals surface area (Å²) in [5.74, 6) is -0.328. The van der Waals surface area contributed by atoms with Crippen molar-refractivity contribution in [3.63, 3.8) is 0 Å². The molecular weight excluding hydrogens is 398 g/mol. The number of anilines is 1. The van der Waals surface area contributed by atoms with Gasteiger partial charge in [-0.3, -0.25) is 9.59 Å².